The van der Waals surface area contributed by atoms with E-state index in [9.17, 15) is 18.0 Å². The molecule has 6 heteroatoms. The van der Waals surface area contributed by atoms with Crippen LogP contribution in [0.5, 0.6) is 0 Å². The van der Waals surface area contributed by atoms with Gasteiger partial charge in [-0.3, -0.25) is 0 Å². The van der Waals surface area contributed by atoms with Gasteiger partial charge in [-0.05, 0) is 17.7 Å². The standard InChI is InChI=1S/C10H9F3O3/c11-10(12,13)6-16-5-7-2-1-3-8(4-7)9(14)15/h1-4H,5-6H2,(H,14,15). The highest BCUT2D eigenvalue weighted by molar-refractivity contribution is 5.87. The van der Waals surface area contributed by atoms with Crippen LogP contribution in [-0.4, -0.2) is 23.9 Å². The van der Waals surface area contributed by atoms with Gasteiger partial charge in [0, 0.05) is 0 Å². The monoisotopic (exact) mass is 234 g/mol. The summed E-state index contributed by atoms with van der Waals surface area (Å²) in [6.07, 6.45) is -4.37. The lowest BCUT2D eigenvalue weighted by Gasteiger charge is -2.07. The Morgan fingerprint density at radius 1 is 1.38 bits per heavy atom. The van der Waals surface area contributed by atoms with E-state index in [0.29, 0.717) is 5.56 Å². The molecule has 1 N–H and O–H groups in total. The van der Waals surface area contributed by atoms with Crippen LogP contribution < -0.4 is 0 Å². The van der Waals surface area contributed by atoms with Crippen LogP contribution >= 0.6 is 0 Å². The Labute approximate surface area is 89.5 Å². The van der Waals surface area contributed by atoms with Gasteiger partial charge in [0.1, 0.15) is 6.61 Å². The number of rotatable bonds is 4. The van der Waals surface area contributed by atoms with Gasteiger partial charge in [0.2, 0.25) is 0 Å². The first kappa shape index (κ1) is 12.5. The van der Waals surface area contributed by atoms with Gasteiger partial charge in [-0.2, -0.15) is 13.2 Å². The maximum atomic E-state index is 11.7. The van der Waals surface area contributed by atoms with Crippen LogP contribution in [0.1, 0.15) is 15.9 Å². The van der Waals surface area contributed by atoms with Crippen LogP contribution in [0.15, 0.2) is 24.3 Å². The minimum Gasteiger partial charge on any atom is -0.478 e. The third kappa shape index (κ3) is 4.31. The summed E-state index contributed by atoms with van der Waals surface area (Å²) in [7, 11) is 0. The lowest BCUT2D eigenvalue weighted by atomic mass is 10.1. The van der Waals surface area contributed by atoms with Crippen LogP contribution in [0.2, 0.25) is 0 Å². The molecule has 0 aliphatic rings. The molecule has 1 aromatic rings. The van der Waals surface area contributed by atoms with E-state index in [1.54, 1.807) is 0 Å². The Hall–Kier alpha value is -1.56. The van der Waals surface area contributed by atoms with E-state index < -0.39 is 18.8 Å². The second kappa shape index (κ2) is 4.98. The van der Waals surface area contributed by atoms with Gasteiger partial charge in [0.15, 0.2) is 0 Å². The van der Waals surface area contributed by atoms with Crippen LogP contribution in [0.4, 0.5) is 13.2 Å². The zero-order chi connectivity index (χ0) is 12.2. The number of carboxylic acid groups (broad SMARTS) is 1. The number of hydrogen-bond donors (Lipinski definition) is 1. The largest absolute Gasteiger partial charge is 0.478 e. The fourth-order valence-electron chi connectivity index (χ4n) is 1.08. The predicted octanol–water partition coefficient (Wildman–Crippen LogP) is 2.46. The minimum absolute atomic E-state index is 0.0214. The van der Waals surface area contributed by atoms with E-state index in [-0.39, 0.29) is 12.2 Å². The zero-order valence-corrected chi connectivity index (χ0v) is 8.12. The number of ether oxygens (including phenoxy) is 1. The second-order valence-electron chi connectivity index (χ2n) is 3.11. The first-order valence-electron chi connectivity index (χ1n) is 4.35. The fraction of sp³-hybridized carbons (Fsp3) is 0.300. The molecule has 0 amide bonds. The first-order valence-corrected chi connectivity index (χ1v) is 4.35. The molecule has 1 rings (SSSR count). The maximum Gasteiger partial charge on any atom is 0.411 e. The molecule has 0 saturated heterocycles. The van der Waals surface area contributed by atoms with Gasteiger partial charge in [-0.15, -0.1) is 0 Å². The van der Waals surface area contributed by atoms with Crippen molar-refractivity contribution in [3.8, 4) is 0 Å². The molecule has 16 heavy (non-hydrogen) atoms. The summed E-state index contributed by atoms with van der Waals surface area (Å²) < 4.78 is 39.6. The molecule has 0 bridgehead atoms. The third-order valence-electron chi connectivity index (χ3n) is 1.71. The normalized spacial score (nSPS) is 11.4. The summed E-state index contributed by atoms with van der Waals surface area (Å²) in [4.78, 5) is 10.6. The Balaban J connectivity index is 2.55. The average Bonchev–Trinajstić information content (AvgIpc) is 2.16. The first-order chi connectivity index (χ1) is 7.38. The number of carbonyl (C=O) groups is 1. The van der Waals surface area contributed by atoms with Gasteiger partial charge in [-0.1, -0.05) is 12.1 Å². The van der Waals surface area contributed by atoms with E-state index in [4.69, 9.17) is 5.11 Å². The van der Waals surface area contributed by atoms with Gasteiger partial charge in [-0.25, -0.2) is 4.79 Å². The van der Waals surface area contributed by atoms with Crippen molar-refractivity contribution in [1.82, 2.24) is 0 Å². The van der Waals surface area contributed by atoms with Crippen LogP contribution in [0, 0.1) is 0 Å². The molecular formula is C10H9F3O3. The highest BCUT2D eigenvalue weighted by Gasteiger charge is 2.27. The molecule has 0 radical (unpaired) electrons. The van der Waals surface area contributed by atoms with Crippen molar-refractivity contribution in [2.75, 3.05) is 6.61 Å². The molecule has 0 aliphatic carbocycles. The molecule has 0 heterocycles. The lowest BCUT2D eigenvalue weighted by Crippen LogP contribution is -2.16. The Morgan fingerprint density at radius 2 is 2.06 bits per heavy atom. The minimum atomic E-state index is -4.37. The van der Waals surface area contributed by atoms with Gasteiger partial charge < -0.3 is 9.84 Å². The summed E-state index contributed by atoms with van der Waals surface area (Å²) in [5.41, 5.74) is 0.414. The number of hydrogen-bond acceptors (Lipinski definition) is 2. The lowest BCUT2D eigenvalue weighted by molar-refractivity contribution is -0.176. The Kier molecular flexibility index (Phi) is 3.89. The van der Waals surface area contributed by atoms with Gasteiger partial charge >= 0.3 is 12.1 Å². The predicted molar refractivity (Wildman–Crippen MR) is 49.1 cm³/mol. The molecule has 0 spiro atoms. The number of carboxylic acids is 1. The number of benzene rings is 1. The molecule has 1 aromatic carbocycles. The van der Waals surface area contributed by atoms with E-state index in [1.807, 2.05) is 0 Å². The van der Waals surface area contributed by atoms with Crippen molar-refractivity contribution < 1.29 is 27.8 Å². The Morgan fingerprint density at radius 3 is 2.62 bits per heavy atom. The summed E-state index contributed by atoms with van der Waals surface area (Å²) in [5.74, 6) is -1.13. The van der Waals surface area contributed by atoms with Crippen LogP contribution in [-0.2, 0) is 11.3 Å². The molecule has 0 aliphatic heterocycles. The molecule has 3 nitrogen and oxygen atoms in total. The average molecular weight is 234 g/mol. The molecule has 0 fully saturated rings. The van der Waals surface area contributed by atoms with Crippen molar-refractivity contribution in [2.45, 2.75) is 12.8 Å². The number of aromatic carboxylic acids is 1. The van der Waals surface area contributed by atoms with Gasteiger partial charge in [0.25, 0.3) is 0 Å². The SMILES string of the molecule is O=C(O)c1cccc(COCC(F)(F)F)c1. The van der Waals surface area contributed by atoms with E-state index in [1.165, 1.54) is 24.3 Å². The van der Waals surface area contributed by atoms with Crippen LogP contribution in [0.3, 0.4) is 0 Å². The fourth-order valence-corrected chi connectivity index (χ4v) is 1.08. The number of halogens is 3. The van der Waals surface area contributed by atoms with Crippen LogP contribution in [0.25, 0.3) is 0 Å². The van der Waals surface area contributed by atoms with Crippen molar-refractivity contribution in [1.29, 1.82) is 0 Å². The molecule has 0 saturated carbocycles. The topological polar surface area (TPSA) is 46.5 Å². The Bertz CT molecular complexity index is 374. The zero-order valence-electron chi connectivity index (χ0n) is 8.12. The highest BCUT2D eigenvalue weighted by Crippen LogP contribution is 2.15. The smallest absolute Gasteiger partial charge is 0.411 e. The summed E-state index contributed by atoms with van der Waals surface area (Å²) in [6.45, 7) is -1.61. The van der Waals surface area contributed by atoms with Crippen molar-refractivity contribution in [3.63, 3.8) is 0 Å². The van der Waals surface area contributed by atoms with E-state index >= 15 is 0 Å². The summed E-state index contributed by atoms with van der Waals surface area (Å²) in [5, 5.41) is 8.64. The molecule has 0 unspecified atom stereocenters. The molecule has 0 aromatic heterocycles. The molecular weight excluding hydrogens is 225 g/mol. The second-order valence-corrected chi connectivity index (χ2v) is 3.11. The van der Waals surface area contributed by atoms with Crippen molar-refractivity contribution in [2.24, 2.45) is 0 Å². The summed E-state index contributed by atoms with van der Waals surface area (Å²) >= 11 is 0. The maximum absolute atomic E-state index is 11.7. The van der Waals surface area contributed by atoms with Gasteiger partial charge in [0.05, 0.1) is 12.2 Å². The molecule has 88 valence electrons. The molecule has 0 atom stereocenters. The van der Waals surface area contributed by atoms with E-state index in [2.05, 4.69) is 4.74 Å². The summed E-state index contributed by atoms with van der Waals surface area (Å²) in [6, 6.07) is 5.59. The van der Waals surface area contributed by atoms with Crippen molar-refractivity contribution in [3.05, 3.63) is 35.4 Å². The van der Waals surface area contributed by atoms with E-state index in [0.717, 1.165) is 0 Å². The number of alkyl halides is 3. The third-order valence-corrected chi connectivity index (χ3v) is 1.71. The highest BCUT2D eigenvalue weighted by atomic mass is 19.4. The van der Waals surface area contributed by atoms with Crippen molar-refractivity contribution >= 4 is 5.97 Å². The quantitative estimate of drug-likeness (QED) is 0.870.